The molecule has 5 heterocycles. The first-order valence-corrected chi connectivity index (χ1v) is 14.0. The zero-order valence-electron chi connectivity index (χ0n) is 22.1. The number of anilines is 1. The molecule has 6 bridgehead atoms. The van der Waals surface area contributed by atoms with Crippen LogP contribution in [0.15, 0.2) is 42.7 Å². The number of rotatable bonds is 0. The molecule has 1 fully saturated rings. The molecular formula is C30H39F2N5. The van der Waals surface area contributed by atoms with Crippen molar-refractivity contribution in [2.24, 2.45) is 5.92 Å². The standard InChI is InChI=1S/C30H39F2N5/c1-21-9-6-4-3-5-7-14-37-15-12-24(13-16-37)30(31,32)25-11-8-10-23(17-25)22(2)35-28-20-34-36-29-19-33-27(21)18-26(28)29/h8,10-11,17-22,24,35H,3-7,9,12-16H2,1-2H3/t21?,22-/m1/s1. The number of benzene rings is 1. The van der Waals surface area contributed by atoms with Crippen LogP contribution in [-0.2, 0) is 5.92 Å². The normalized spacial score (nSPS) is 27.2. The molecule has 1 unspecified atom stereocenters. The van der Waals surface area contributed by atoms with Crippen molar-refractivity contribution in [2.45, 2.75) is 83.1 Å². The van der Waals surface area contributed by atoms with Crippen LogP contribution >= 0.6 is 0 Å². The number of halogens is 2. The van der Waals surface area contributed by atoms with Gasteiger partial charge in [0.25, 0.3) is 5.92 Å². The molecule has 1 aromatic carbocycles. The molecule has 0 saturated carbocycles. The number of nitrogens with zero attached hydrogens (tertiary/aromatic N) is 4. The van der Waals surface area contributed by atoms with Crippen LogP contribution in [0.1, 0.15) is 94.0 Å². The van der Waals surface area contributed by atoms with E-state index < -0.39 is 11.8 Å². The SMILES string of the molecule is CC1CCCCCCCN2CCC(CC2)C(F)(F)c2cccc(c2)[C@@H](C)Nc2cnnc3cnc1cc23. The molecule has 7 heteroatoms. The van der Waals surface area contributed by atoms with E-state index in [4.69, 9.17) is 0 Å². The van der Waals surface area contributed by atoms with Crippen LogP contribution in [0.3, 0.4) is 0 Å². The van der Waals surface area contributed by atoms with Crippen LogP contribution in [0, 0.1) is 5.92 Å². The fraction of sp³-hybridized carbons (Fsp3) is 0.567. The number of alkyl halides is 2. The number of hydrogen-bond acceptors (Lipinski definition) is 5. The third kappa shape index (κ3) is 5.92. The lowest BCUT2D eigenvalue weighted by molar-refractivity contribution is -0.0855. The molecule has 5 nitrogen and oxygen atoms in total. The second-order valence-corrected chi connectivity index (χ2v) is 11.1. The van der Waals surface area contributed by atoms with Crippen LogP contribution < -0.4 is 5.32 Å². The maximum Gasteiger partial charge on any atom is 0.276 e. The van der Waals surface area contributed by atoms with Crippen molar-refractivity contribution in [1.82, 2.24) is 20.1 Å². The van der Waals surface area contributed by atoms with Crippen molar-refractivity contribution in [2.75, 3.05) is 25.0 Å². The predicted octanol–water partition coefficient (Wildman–Crippen LogP) is 7.46. The molecule has 0 spiro atoms. The van der Waals surface area contributed by atoms with Gasteiger partial charge in [-0.05, 0) is 75.9 Å². The third-order valence-corrected chi connectivity index (χ3v) is 8.41. The van der Waals surface area contributed by atoms with Crippen LogP contribution in [0.2, 0.25) is 0 Å². The number of fused-ring (bicyclic) bond motifs is 10. The zero-order chi connectivity index (χ0) is 25.8. The largest absolute Gasteiger partial charge is 0.377 e. The molecule has 2 aromatic heterocycles. The lowest BCUT2D eigenvalue weighted by atomic mass is 9.85. The smallest absolute Gasteiger partial charge is 0.276 e. The summed E-state index contributed by atoms with van der Waals surface area (Å²) in [7, 11) is 0. The molecule has 6 rings (SSSR count). The first-order valence-electron chi connectivity index (χ1n) is 14.0. The van der Waals surface area contributed by atoms with Crippen LogP contribution in [0.25, 0.3) is 10.9 Å². The number of nitrogens with one attached hydrogen (secondary N) is 1. The van der Waals surface area contributed by atoms with Gasteiger partial charge in [-0.1, -0.05) is 50.8 Å². The summed E-state index contributed by atoms with van der Waals surface area (Å²) in [6, 6.07) is 8.90. The highest BCUT2D eigenvalue weighted by Crippen LogP contribution is 2.42. The topological polar surface area (TPSA) is 53.9 Å². The van der Waals surface area contributed by atoms with Crippen molar-refractivity contribution in [3.8, 4) is 0 Å². The molecular weight excluding hydrogens is 468 g/mol. The molecule has 1 N–H and O–H groups in total. The number of piperidine rings is 1. The lowest BCUT2D eigenvalue weighted by Gasteiger charge is -2.36. The van der Waals surface area contributed by atoms with Crippen molar-refractivity contribution in [3.05, 3.63) is 59.5 Å². The quantitative estimate of drug-likeness (QED) is 0.342. The molecule has 37 heavy (non-hydrogen) atoms. The van der Waals surface area contributed by atoms with Gasteiger partial charge in [-0.25, -0.2) is 8.78 Å². The summed E-state index contributed by atoms with van der Waals surface area (Å²) in [4.78, 5) is 7.06. The monoisotopic (exact) mass is 507 g/mol. The summed E-state index contributed by atoms with van der Waals surface area (Å²) < 4.78 is 31.3. The van der Waals surface area contributed by atoms with E-state index in [-0.39, 0.29) is 11.6 Å². The van der Waals surface area contributed by atoms with E-state index >= 15 is 8.78 Å². The lowest BCUT2D eigenvalue weighted by Crippen LogP contribution is -2.40. The minimum Gasteiger partial charge on any atom is -0.377 e. The van der Waals surface area contributed by atoms with Crippen molar-refractivity contribution < 1.29 is 8.78 Å². The van der Waals surface area contributed by atoms with Gasteiger partial charge in [0.05, 0.1) is 18.1 Å². The van der Waals surface area contributed by atoms with Gasteiger partial charge >= 0.3 is 0 Å². The fourth-order valence-electron chi connectivity index (χ4n) is 5.91. The predicted molar refractivity (Wildman–Crippen MR) is 145 cm³/mol. The van der Waals surface area contributed by atoms with Crippen LogP contribution in [0.4, 0.5) is 14.5 Å². The zero-order valence-corrected chi connectivity index (χ0v) is 22.1. The Kier molecular flexibility index (Phi) is 7.98. The first kappa shape index (κ1) is 26.0. The minimum atomic E-state index is -2.83. The van der Waals surface area contributed by atoms with Gasteiger partial charge in [-0.15, -0.1) is 5.10 Å². The molecule has 198 valence electrons. The van der Waals surface area contributed by atoms with Gasteiger partial charge in [0.1, 0.15) is 5.52 Å². The van der Waals surface area contributed by atoms with E-state index in [9.17, 15) is 0 Å². The minimum absolute atomic E-state index is 0.122. The van der Waals surface area contributed by atoms with Crippen molar-refractivity contribution >= 4 is 16.6 Å². The molecule has 3 aromatic rings. The van der Waals surface area contributed by atoms with E-state index in [1.165, 1.54) is 25.7 Å². The number of hydrogen-bond donors (Lipinski definition) is 1. The number of aromatic nitrogens is 3. The highest BCUT2D eigenvalue weighted by molar-refractivity contribution is 5.90. The summed E-state index contributed by atoms with van der Waals surface area (Å²) >= 11 is 0. The molecule has 1 saturated heterocycles. The Labute approximate surface area is 219 Å². The van der Waals surface area contributed by atoms with Gasteiger partial charge < -0.3 is 10.2 Å². The highest BCUT2D eigenvalue weighted by Gasteiger charge is 2.42. The average Bonchev–Trinajstić information content (AvgIpc) is 2.92. The van der Waals surface area contributed by atoms with Gasteiger partial charge in [-0.3, -0.25) is 4.98 Å². The summed E-state index contributed by atoms with van der Waals surface area (Å²) in [6.45, 7) is 6.81. The molecule has 0 amide bonds. The number of pyridine rings is 1. The Morgan fingerprint density at radius 3 is 2.54 bits per heavy atom. The van der Waals surface area contributed by atoms with Gasteiger partial charge in [-0.2, -0.15) is 5.10 Å². The molecule has 3 aliphatic rings. The Morgan fingerprint density at radius 2 is 1.70 bits per heavy atom. The summed E-state index contributed by atoms with van der Waals surface area (Å²) in [6.07, 6.45) is 11.7. The van der Waals surface area contributed by atoms with E-state index in [1.807, 2.05) is 13.0 Å². The Balaban J connectivity index is 1.45. The van der Waals surface area contributed by atoms with Crippen molar-refractivity contribution in [1.29, 1.82) is 0 Å². The maximum atomic E-state index is 15.7. The molecule has 0 aliphatic carbocycles. The second-order valence-electron chi connectivity index (χ2n) is 11.1. The van der Waals surface area contributed by atoms with E-state index in [2.05, 4.69) is 38.4 Å². The van der Waals surface area contributed by atoms with Crippen molar-refractivity contribution in [3.63, 3.8) is 0 Å². The van der Waals surface area contributed by atoms with Crippen LogP contribution in [0.5, 0.6) is 0 Å². The highest BCUT2D eigenvalue weighted by atomic mass is 19.3. The van der Waals surface area contributed by atoms with Gasteiger partial charge in [0, 0.05) is 28.6 Å². The maximum absolute atomic E-state index is 15.7. The first-order chi connectivity index (χ1) is 17.9. The van der Waals surface area contributed by atoms with E-state index in [1.54, 1.807) is 30.6 Å². The molecule has 3 aliphatic heterocycles. The average molecular weight is 508 g/mol. The summed E-state index contributed by atoms with van der Waals surface area (Å²) in [5.41, 5.74) is 3.60. The summed E-state index contributed by atoms with van der Waals surface area (Å²) in [5, 5.41) is 12.9. The van der Waals surface area contributed by atoms with E-state index in [0.29, 0.717) is 18.8 Å². The van der Waals surface area contributed by atoms with E-state index in [0.717, 1.165) is 60.3 Å². The molecule has 0 radical (unpaired) electrons. The Bertz CT molecular complexity index is 1190. The third-order valence-electron chi connectivity index (χ3n) is 8.41. The summed E-state index contributed by atoms with van der Waals surface area (Å²) in [5.74, 6) is -3.08. The van der Waals surface area contributed by atoms with Crippen LogP contribution in [-0.4, -0.2) is 39.7 Å². The fourth-order valence-corrected chi connectivity index (χ4v) is 5.91. The van der Waals surface area contributed by atoms with Gasteiger partial charge in [0.15, 0.2) is 0 Å². The Hall–Kier alpha value is -2.67. The molecule has 2 atom stereocenters. The Morgan fingerprint density at radius 1 is 0.919 bits per heavy atom. The van der Waals surface area contributed by atoms with Gasteiger partial charge in [0.2, 0.25) is 0 Å². The second kappa shape index (κ2) is 11.4.